The molecule has 4 aromatic rings. The summed E-state index contributed by atoms with van der Waals surface area (Å²) in [4.78, 5) is 0. The second kappa shape index (κ2) is 10.6. The van der Waals surface area contributed by atoms with Crippen molar-refractivity contribution in [2.75, 3.05) is 6.61 Å². The molecular weight excluding hydrogens is 488 g/mol. The molecule has 0 N–H and O–H groups in total. The van der Waals surface area contributed by atoms with Crippen molar-refractivity contribution in [2.24, 2.45) is 0 Å². The number of rotatable bonds is 10. The zero-order valence-electron chi connectivity index (χ0n) is 24.1. The minimum absolute atomic E-state index is 0.0872. The molecular formula is C37H42OSi. The predicted molar refractivity (Wildman–Crippen MR) is 168 cm³/mol. The maximum atomic E-state index is 6.98. The molecule has 39 heavy (non-hydrogen) atoms. The Labute approximate surface area is 236 Å². The summed E-state index contributed by atoms with van der Waals surface area (Å²) in [5.41, 5.74) is 14.6. The maximum Gasteiger partial charge on any atom is 0.191 e. The largest absolute Gasteiger partial charge is 0.417 e. The van der Waals surface area contributed by atoms with Crippen LogP contribution < -0.4 is 0 Å². The molecule has 0 aliphatic heterocycles. The molecule has 0 saturated carbocycles. The molecule has 0 unspecified atom stereocenters. The molecule has 2 aliphatic rings. The second-order valence-corrected chi connectivity index (χ2v) is 16.4. The summed E-state index contributed by atoms with van der Waals surface area (Å²) < 4.78 is 6.98. The van der Waals surface area contributed by atoms with E-state index in [4.69, 9.17) is 4.43 Å². The highest BCUT2D eigenvalue weighted by Crippen LogP contribution is 2.50. The fourth-order valence-corrected chi connectivity index (χ4v) is 10.3. The van der Waals surface area contributed by atoms with Gasteiger partial charge in [0.05, 0.1) is 0 Å². The summed E-state index contributed by atoms with van der Waals surface area (Å²) in [6, 6.07) is 35.8. The molecule has 0 bridgehead atoms. The summed E-state index contributed by atoms with van der Waals surface area (Å²) in [6.45, 7) is 10.3. The smallest absolute Gasteiger partial charge is 0.191 e. The number of fused-ring (bicyclic) bond motifs is 6. The zero-order chi connectivity index (χ0) is 27.0. The van der Waals surface area contributed by atoms with Gasteiger partial charge >= 0.3 is 0 Å². The fraction of sp³-hybridized carbons (Fsp3) is 0.351. The fourth-order valence-electron chi connectivity index (χ4n) is 7.68. The Morgan fingerprint density at radius 1 is 0.590 bits per heavy atom. The lowest BCUT2D eigenvalue weighted by atomic mass is 9.66. The van der Waals surface area contributed by atoms with Gasteiger partial charge in [-0.05, 0) is 99.5 Å². The van der Waals surface area contributed by atoms with Crippen molar-refractivity contribution in [2.45, 2.75) is 76.9 Å². The van der Waals surface area contributed by atoms with Crippen LogP contribution in [0.25, 0.3) is 22.3 Å². The normalized spacial score (nSPS) is 13.6. The molecule has 0 spiro atoms. The van der Waals surface area contributed by atoms with Crippen LogP contribution in [0.3, 0.4) is 0 Å². The molecule has 200 valence electrons. The van der Waals surface area contributed by atoms with Crippen LogP contribution in [0.4, 0.5) is 0 Å². The lowest BCUT2D eigenvalue weighted by molar-refractivity contribution is 0.255. The van der Waals surface area contributed by atoms with Crippen LogP contribution in [0.15, 0.2) is 84.9 Å². The first kappa shape index (κ1) is 26.3. The summed E-state index contributed by atoms with van der Waals surface area (Å²) in [5, 5.41) is 0. The molecule has 0 atom stereocenters. The third-order valence-electron chi connectivity index (χ3n) is 10.2. The van der Waals surface area contributed by atoms with Gasteiger partial charge < -0.3 is 4.43 Å². The average Bonchev–Trinajstić information content (AvgIpc) is 3.57. The zero-order valence-corrected chi connectivity index (χ0v) is 25.1. The molecule has 4 aromatic carbocycles. The van der Waals surface area contributed by atoms with E-state index in [1.54, 1.807) is 0 Å². The number of benzene rings is 4. The van der Waals surface area contributed by atoms with Gasteiger partial charge in [0.15, 0.2) is 8.32 Å². The Kier molecular flexibility index (Phi) is 7.12. The lowest BCUT2D eigenvalue weighted by Crippen LogP contribution is -2.38. The van der Waals surface area contributed by atoms with Gasteiger partial charge in [0, 0.05) is 12.0 Å². The molecule has 0 aromatic heterocycles. The highest BCUT2D eigenvalue weighted by molar-refractivity contribution is 6.73. The summed E-state index contributed by atoms with van der Waals surface area (Å²) in [5.74, 6) is 0. The van der Waals surface area contributed by atoms with Gasteiger partial charge in [0.25, 0.3) is 0 Å². The van der Waals surface area contributed by atoms with E-state index in [0.29, 0.717) is 0 Å². The van der Waals surface area contributed by atoms with Crippen LogP contribution in [0, 0.1) is 0 Å². The molecule has 0 amide bonds. The van der Waals surface area contributed by atoms with E-state index in [9.17, 15) is 0 Å². The van der Waals surface area contributed by atoms with Gasteiger partial charge in [-0.15, -0.1) is 0 Å². The van der Waals surface area contributed by atoms with Crippen LogP contribution in [0.2, 0.25) is 18.1 Å². The summed E-state index contributed by atoms with van der Waals surface area (Å²) >= 11 is 0. The van der Waals surface area contributed by atoms with Gasteiger partial charge in [0.2, 0.25) is 0 Å². The van der Waals surface area contributed by atoms with Crippen LogP contribution in [-0.2, 0) is 22.7 Å². The third-order valence-corrected chi connectivity index (χ3v) is 14.9. The van der Waals surface area contributed by atoms with Crippen molar-refractivity contribution >= 4 is 8.32 Å². The van der Waals surface area contributed by atoms with Crippen LogP contribution in [-0.4, -0.2) is 14.9 Å². The first-order chi connectivity index (χ1) is 19.1. The van der Waals surface area contributed by atoms with Gasteiger partial charge in [-0.3, -0.25) is 0 Å². The van der Waals surface area contributed by atoms with E-state index in [2.05, 4.69) is 113 Å². The molecule has 0 fully saturated rings. The molecule has 0 radical (unpaired) electrons. The molecule has 6 rings (SSSR count). The average molecular weight is 531 g/mol. The first-order valence-corrected chi connectivity index (χ1v) is 17.7. The third kappa shape index (κ3) is 4.24. The number of hydrogen-bond donors (Lipinski definition) is 0. The second-order valence-electron chi connectivity index (χ2n) is 11.6. The molecule has 0 saturated heterocycles. The van der Waals surface area contributed by atoms with Crippen molar-refractivity contribution in [3.63, 3.8) is 0 Å². The van der Waals surface area contributed by atoms with Crippen molar-refractivity contribution in [1.82, 2.24) is 0 Å². The van der Waals surface area contributed by atoms with E-state index in [1.807, 2.05) is 0 Å². The monoisotopic (exact) mass is 530 g/mol. The minimum Gasteiger partial charge on any atom is -0.417 e. The standard InChI is InChI=1S/C37H42OSi/c1-5-37(23-24-38-39(6-2,7-3)8-4,35-21-13-19-31-29-17-11-9-15-27(29)25-33(31)35)36-22-14-20-32-30-18-12-10-16-28(30)26-34(32)36/h9-22H,5-8,23-26H2,1-4H3. The van der Waals surface area contributed by atoms with Crippen LogP contribution in [0.1, 0.15) is 73.9 Å². The van der Waals surface area contributed by atoms with Crippen LogP contribution in [0.5, 0.6) is 0 Å². The molecule has 1 nitrogen and oxygen atoms in total. The Morgan fingerprint density at radius 2 is 1.05 bits per heavy atom. The quantitative estimate of drug-likeness (QED) is 0.160. The minimum atomic E-state index is -1.68. The van der Waals surface area contributed by atoms with E-state index in [0.717, 1.165) is 32.3 Å². The maximum absolute atomic E-state index is 6.98. The first-order valence-electron chi connectivity index (χ1n) is 15.1. The molecule has 0 heterocycles. The Bertz CT molecular complexity index is 1390. The Balaban J connectivity index is 1.51. The van der Waals surface area contributed by atoms with Crippen molar-refractivity contribution in [3.05, 3.63) is 118 Å². The SMILES string of the molecule is CCC(CCO[Si](CC)(CC)CC)(c1cccc2c1Cc1ccccc1-2)c1cccc2c1Cc1ccccc1-2. The summed E-state index contributed by atoms with van der Waals surface area (Å²) in [7, 11) is -1.68. The predicted octanol–water partition coefficient (Wildman–Crippen LogP) is 9.94. The van der Waals surface area contributed by atoms with E-state index >= 15 is 0 Å². The molecule has 2 aliphatic carbocycles. The number of hydrogen-bond acceptors (Lipinski definition) is 1. The van der Waals surface area contributed by atoms with E-state index in [-0.39, 0.29) is 5.41 Å². The highest BCUT2D eigenvalue weighted by Gasteiger charge is 2.40. The highest BCUT2D eigenvalue weighted by atomic mass is 28.4. The van der Waals surface area contributed by atoms with E-state index < -0.39 is 8.32 Å². The van der Waals surface area contributed by atoms with E-state index in [1.165, 1.54) is 73.8 Å². The lowest BCUT2D eigenvalue weighted by Gasteiger charge is -2.39. The van der Waals surface area contributed by atoms with Gasteiger partial charge in [-0.25, -0.2) is 0 Å². The van der Waals surface area contributed by atoms with Crippen LogP contribution >= 0.6 is 0 Å². The Morgan fingerprint density at radius 3 is 1.51 bits per heavy atom. The summed E-state index contributed by atoms with van der Waals surface area (Å²) in [6.07, 6.45) is 4.14. The van der Waals surface area contributed by atoms with Gasteiger partial charge in [0.1, 0.15) is 0 Å². The Hall–Kier alpha value is -2.94. The topological polar surface area (TPSA) is 9.23 Å². The van der Waals surface area contributed by atoms with Gasteiger partial charge in [-0.1, -0.05) is 113 Å². The van der Waals surface area contributed by atoms with Gasteiger partial charge in [-0.2, -0.15) is 0 Å². The van der Waals surface area contributed by atoms with Crippen molar-refractivity contribution < 1.29 is 4.43 Å². The van der Waals surface area contributed by atoms with Crippen molar-refractivity contribution in [3.8, 4) is 22.3 Å². The van der Waals surface area contributed by atoms with Crippen molar-refractivity contribution in [1.29, 1.82) is 0 Å². The molecule has 2 heteroatoms.